The number of para-hydroxylation sites is 2. The molecule has 10 nitrogen and oxygen atoms in total. The molecular formula is C26H21FN6O4. The van der Waals surface area contributed by atoms with Crippen LogP contribution in [0.5, 0.6) is 0 Å². The van der Waals surface area contributed by atoms with Crippen molar-refractivity contribution in [1.82, 2.24) is 15.0 Å². The van der Waals surface area contributed by atoms with Crippen molar-refractivity contribution in [2.24, 2.45) is 5.10 Å². The van der Waals surface area contributed by atoms with E-state index in [4.69, 9.17) is 4.98 Å². The van der Waals surface area contributed by atoms with Crippen molar-refractivity contribution in [3.05, 3.63) is 100 Å². The van der Waals surface area contributed by atoms with Crippen LogP contribution in [0, 0.1) is 15.9 Å². The van der Waals surface area contributed by atoms with Crippen molar-refractivity contribution in [1.29, 1.82) is 0 Å². The van der Waals surface area contributed by atoms with Gasteiger partial charge in [0, 0.05) is 36.7 Å². The number of nitro benzene ring substituents is 1. The van der Waals surface area contributed by atoms with E-state index in [1.165, 1.54) is 42.6 Å². The zero-order valence-electron chi connectivity index (χ0n) is 19.5. The van der Waals surface area contributed by atoms with E-state index in [9.17, 15) is 24.1 Å². The van der Waals surface area contributed by atoms with E-state index in [1.807, 2.05) is 24.3 Å². The van der Waals surface area contributed by atoms with Gasteiger partial charge in [0.2, 0.25) is 5.91 Å². The van der Waals surface area contributed by atoms with E-state index < -0.39 is 10.8 Å². The number of carbonyl (C=O) groups excluding carboxylic acids is 2. The third kappa shape index (κ3) is 5.06. The summed E-state index contributed by atoms with van der Waals surface area (Å²) in [4.78, 5) is 42.2. The first kappa shape index (κ1) is 23.8. The normalized spacial score (nSPS) is 15.5. The van der Waals surface area contributed by atoms with E-state index in [0.717, 1.165) is 5.52 Å². The highest BCUT2D eigenvalue weighted by Crippen LogP contribution is 2.33. The fourth-order valence-electron chi connectivity index (χ4n) is 4.36. The summed E-state index contributed by atoms with van der Waals surface area (Å²) in [5.74, 6) is -0.541. The third-order valence-electron chi connectivity index (χ3n) is 6.12. The van der Waals surface area contributed by atoms with Gasteiger partial charge in [0.1, 0.15) is 18.2 Å². The van der Waals surface area contributed by atoms with Gasteiger partial charge in [-0.1, -0.05) is 12.1 Å². The van der Waals surface area contributed by atoms with Gasteiger partial charge in [-0.15, -0.1) is 0 Å². The predicted molar refractivity (Wildman–Crippen MR) is 135 cm³/mol. The summed E-state index contributed by atoms with van der Waals surface area (Å²) in [6.45, 7) is 0.280. The first-order valence-corrected chi connectivity index (χ1v) is 11.5. The smallest absolute Gasteiger partial charge is 0.269 e. The Labute approximate surface area is 210 Å². The van der Waals surface area contributed by atoms with E-state index in [1.54, 1.807) is 21.6 Å². The van der Waals surface area contributed by atoms with Gasteiger partial charge in [0.25, 0.3) is 11.6 Å². The molecule has 186 valence electrons. The van der Waals surface area contributed by atoms with Crippen LogP contribution in [0.2, 0.25) is 0 Å². The summed E-state index contributed by atoms with van der Waals surface area (Å²) in [6, 6.07) is 18.9. The molecule has 0 bridgehead atoms. The first-order valence-electron chi connectivity index (χ1n) is 11.5. The lowest BCUT2D eigenvalue weighted by atomic mass is 10.1. The van der Waals surface area contributed by atoms with Gasteiger partial charge in [-0.3, -0.25) is 19.7 Å². The van der Waals surface area contributed by atoms with Crippen molar-refractivity contribution >= 4 is 40.4 Å². The van der Waals surface area contributed by atoms with Crippen LogP contribution in [0.25, 0.3) is 11.0 Å². The fraction of sp³-hybridized carbons (Fsp3) is 0.154. The molecule has 0 radical (unpaired) electrons. The van der Waals surface area contributed by atoms with Gasteiger partial charge in [0.05, 0.1) is 22.2 Å². The molecule has 2 heterocycles. The minimum atomic E-state index is -0.494. The maximum Gasteiger partial charge on any atom is 0.269 e. The van der Waals surface area contributed by atoms with Crippen LogP contribution in [0.3, 0.4) is 0 Å². The Kier molecular flexibility index (Phi) is 6.42. The van der Waals surface area contributed by atoms with Gasteiger partial charge in [-0.25, -0.2) is 14.8 Å². The minimum Gasteiger partial charge on any atom is -0.318 e. The second kappa shape index (κ2) is 9.97. The van der Waals surface area contributed by atoms with Crippen molar-refractivity contribution in [2.75, 3.05) is 11.4 Å². The highest BCUT2D eigenvalue weighted by atomic mass is 19.1. The second-order valence-corrected chi connectivity index (χ2v) is 8.57. The summed E-state index contributed by atoms with van der Waals surface area (Å²) in [5.41, 5.74) is 5.08. The molecule has 0 aliphatic carbocycles. The average Bonchev–Trinajstić information content (AvgIpc) is 3.45. The number of non-ortho nitro benzene ring substituents is 1. The van der Waals surface area contributed by atoms with Crippen LogP contribution in [0.1, 0.15) is 23.7 Å². The largest absolute Gasteiger partial charge is 0.318 e. The van der Waals surface area contributed by atoms with Gasteiger partial charge < -0.3 is 9.47 Å². The molecule has 0 spiro atoms. The van der Waals surface area contributed by atoms with Crippen LogP contribution in [-0.2, 0) is 16.1 Å². The first-order chi connectivity index (χ1) is 17.9. The number of halogens is 1. The number of rotatable bonds is 7. The quantitative estimate of drug-likeness (QED) is 0.235. The summed E-state index contributed by atoms with van der Waals surface area (Å²) in [5, 5.41) is 14.7. The monoisotopic (exact) mass is 500 g/mol. The molecular weight excluding hydrogens is 479 g/mol. The maximum atomic E-state index is 13.3. The fourth-order valence-corrected chi connectivity index (χ4v) is 4.36. The number of nitro groups is 1. The number of imidazole rings is 1. The molecule has 37 heavy (non-hydrogen) atoms. The number of amides is 2. The van der Waals surface area contributed by atoms with E-state index in [-0.39, 0.29) is 36.3 Å². The molecule has 1 aliphatic heterocycles. The molecule has 2 amide bonds. The van der Waals surface area contributed by atoms with Crippen molar-refractivity contribution in [3.8, 4) is 0 Å². The van der Waals surface area contributed by atoms with Crippen molar-refractivity contribution < 1.29 is 18.9 Å². The lowest BCUT2D eigenvalue weighted by Crippen LogP contribution is -2.26. The predicted octanol–water partition coefficient (Wildman–Crippen LogP) is 3.75. The standard InChI is InChI=1S/C26H21FN6O4/c27-19-7-11-20(12-8-19)31-15-18(13-25(31)35)26-29-22-3-1-2-4-23(22)32(26)16-24(34)30-28-14-17-5-9-21(10-6-17)33(36)37/h1-12,14,18H,13,15-16H2,(H,30,34). The summed E-state index contributed by atoms with van der Waals surface area (Å²) < 4.78 is 15.1. The van der Waals surface area contributed by atoms with Crippen LogP contribution < -0.4 is 10.3 Å². The van der Waals surface area contributed by atoms with Gasteiger partial charge in [-0.05, 0) is 54.1 Å². The lowest BCUT2D eigenvalue weighted by molar-refractivity contribution is -0.384. The molecule has 0 saturated carbocycles. The number of hydrogen-bond donors (Lipinski definition) is 1. The van der Waals surface area contributed by atoms with Gasteiger partial charge >= 0.3 is 0 Å². The molecule has 1 fully saturated rings. The number of fused-ring (bicyclic) bond motifs is 1. The molecule has 4 aromatic rings. The Hall–Kier alpha value is -4.93. The van der Waals surface area contributed by atoms with Crippen molar-refractivity contribution in [3.63, 3.8) is 0 Å². The molecule has 1 aromatic heterocycles. The van der Waals surface area contributed by atoms with Gasteiger partial charge in [-0.2, -0.15) is 5.10 Å². The van der Waals surface area contributed by atoms with Crippen LogP contribution in [-0.4, -0.2) is 39.0 Å². The maximum absolute atomic E-state index is 13.3. The zero-order valence-corrected chi connectivity index (χ0v) is 19.5. The molecule has 1 N–H and O–H groups in total. The number of nitrogens with one attached hydrogen (secondary N) is 1. The number of hydrazone groups is 1. The second-order valence-electron chi connectivity index (χ2n) is 8.57. The van der Waals surface area contributed by atoms with Crippen LogP contribution >= 0.6 is 0 Å². The van der Waals surface area contributed by atoms with Crippen LogP contribution in [0.15, 0.2) is 77.9 Å². The number of nitrogens with zero attached hydrogens (tertiary/aromatic N) is 5. The number of anilines is 1. The molecule has 11 heteroatoms. The Morgan fingerprint density at radius 2 is 1.86 bits per heavy atom. The zero-order chi connectivity index (χ0) is 25.9. The summed E-state index contributed by atoms with van der Waals surface area (Å²) in [7, 11) is 0. The number of hydrogen-bond acceptors (Lipinski definition) is 6. The highest BCUT2D eigenvalue weighted by molar-refractivity contribution is 5.96. The molecule has 1 aliphatic rings. The average molecular weight is 500 g/mol. The molecule has 5 rings (SSSR count). The molecule has 3 aromatic carbocycles. The van der Waals surface area contributed by atoms with Gasteiger partial charge in [0.15, 0.2) is 0 Å². The molecule has 1 unspecified atom stereocenters. The van der Waals surface area contributed by atoms with E-state index in [0.29, 0.717) is 29.1 Å². The molecule has 1 atom stereocenters. The summed E-state index contributed by atoms with van der Waals surface area (Å²) >= 11 is 0. The summed E-state index contributed by atoms with van der Waals surface area (Å²) in [6.07, 6.45) is 1.60. The topological polar surface area (TPSA) is 123 Å². The number of carbonyl (C=O) groups is 2. The Morgan fingerprint density at radius 3 is 2.59 bits per heavy atom. The molecule has 1 saturated heterocycles. The Bertz CT molecular complexity index is 1510. The third-order valence-corrected chi connectivity index (χ3v) is 6.12. The SMILES string of the molecule is O=C(Cn1c(C2CC(=O)N(c3ccc(F)cc3)C2)nc2ccccc21)NN=Cc1ccc([N+](=O)[O-])cc1. The lowest BCUT2D eigenvalue weighted by Gasteiger charge is -2.17. The Balaban J connectivity index is 1.34. The van der Waals surface area contributed by atoms with E-state index in [2.05, 4.69) is 10.5 Å². The van der Waals surface area contributed by atoms with Crippen molar-refractivity contribution in [2.45, 2.75) is 18.9 Å². The van der Waals surface area contributed by atoms with E-state index >= 15 is 0 Å². The number of aromatic nitrogens is 2. The highest BCUT2D eigenvalue weighted by Gasteiger charge is 2.35. The minimum absolute atomic E-state index is 0.0379. The Morgan fingerprint density at radius 1 is 1.14 bits per heavy atom. The number of benzene rings is 3. The van der Waals surface area contributed by atoms with Crippen LogP contribution in [0.4, 0.5) is 15.8 Å².